The second-order valence-corrected chi connectivity index (χ2v) is 17.9. The van der Waals surface area contributed by atoms with Gasteiger partial charge in [-0.3, -0.25) is 0 Å². The highest BCUT2D eigenvalue weighted by Crippen LogP contribution is 2.48. The first-order valence-electron chi connectivity index (χ1n) is 22.0. The van der Waals surface area contributed by atoms with E-state index >= 15 is 0 Å². The molecule has 0 saturated carbocycles. The molecule has 1 heterocycles. The van der Waals surface area contributed by atoms with Gasteiger partial charge in [-0.05, 0) is 130 Å². The molecule has 0 aliphatic rings. The minimum atomic E-state index is 1.10. The number of rotatable bonds is 6. The molecular weight excluding hydrogens is 791 g/mol. The van der Waals surface area contributed by atoms with Gasteiger partial charge in [0.1, 0.15) is 0 Å². The summed E-state index contributed by atoms with van der Waals surface area (Å²) in [5.74, 6) is 0. The summed E-state index contributed by atoms with van der Waals surface area (Å²) in [7, 11) is 0. The van der Waals surface area contributed by atoms with Crippen LogP contribution >= 0.6 is 11.3 Å². The molecule has 0 aliphatic heterocycles. The zero-order chi connectivity index (χ0) is 42.1. The first-order chi connectivity index (χ1) is 31.7. The summed E-state index contributed by atoms with van der Waals surface area (Å²) in [5, 5.41) is 15.1. The molecule has 0 unspecified atom stereocenters. The van der Waals surface area contributed by atoms with Gasteiger partial charge >= 0.3 is 0 Å². The van der Waals surface area contributed by atoms with Crippen LogP contribution in [0.5, 0.6) is 0 Å². The lowest BCUT2D eigenvalue weighted by molar-refractivity contribution is 1.30. The Hall–Kier alpha value is -8.04. The Morgan fingerprint density at radius 3 is 1.62 bits per heavy atom. The van der Waals surface area contributed by atoms with E-state index in [4.69, 9.17) is 0 Å². The zero-order valence-electron chi connectivity index (χ0n) is 34.9. The second-order valence-electron chi connectivity index (χ2n) is 16.8. The number of fused-ring (bicyclic) bond motifs is 9. The second kappa shape index (κ2) is 14.8. The molecule has 0 amide bonds. The quantitative estimate of drug-likeness (QED) is 0.151. The maximum absolute atomic E-state index is 2.49. The van der Waals surface area contributed by atoms with Crippen LogP contribution in [0.3, 0.4) is 0 Å². The van der Waals surface area contributed by atoms with E-state index in [-0.39, 0.29) is 0 Å². The molecule has 1 nitrogen and oxygen atoms in total. The molecule has 2 heteroatoms. The van der Waals surface area contributed by atoms with Gasteiger partial charge in [0.25, 0.3) is 0 Å². The summed E-state index contributed by atoms with van der Waals surface area (Å²) in [6.45, 7) is 0. The van der Waals surface area contributed by atoms with Crippen molar-refractivity contribution in [3.8, 4) is 33.4 Å². The number of hydrogen-bond donors (Lipinski definition) is 0. The average molecular weight is 830 g/mol. The predicted molar refractivity (Wildman–Crippen MR) is 278 cm³/mol. The molecule has 298 valence electrons. The molecule has 13 aromatic rings. The first-order valence-corrected chi connectivity index (χ1v) is 22.8. The first kappa shape index (κ1) is 36.6. The van der Waals surface area contributed by atoms with E-state index in [1.807, 2.05) is 11.3 Å². The van der Waals surface area contributed by atoms with Crippen LogP contribution < -0.4 is 4.90 Å². The van der Waals surface area contributed by atoms with Gasteiger partial charge in [-0.1, -0.05) is 188 Å². The zero-order valence-corrected chi connectivity index (χ0v) is 35.7. The molecule has 0 bridgehead atoms. The number of nitrogens with zero attached hydrogens (tertiary/aromatic N) is 1. The van der Waals surface area contributed by atoms with Crippen LogP contribution in [0.1, 0.15) is 0 Å². The van der Waals surface area contributed by atoms with Gasteiger partial charge in [0.15, 0.2) is 0 Å². The lowest BCUT2D eigenvalue weighted by Crippen LogP contribution is -2.11. The summed E-state index contributed by atoms with van der Waals surface area (Å²) in [6.07, 6.45) is 0. The predicted octanol–water partition coefficient (Wildman–Crippen LogP) is 18.3. The fourth-order valence-corrected chi connectivity index (χ4v) is 11.4. The maximum Gasteiger partial charge on any atom is 0.0540 e. The lowest BCUT2D eigenvalue weighted by atomic mass is 9.89. The molecule has 0 radical (unpaired) electrons. The Labute approximate surface area is 375 Å². The van der Waals surface area contributed by atoms with Crippen LogP contribution in [0.15, 0.2) is 237 Å². The summed E-state index contributed by atoms with van der Waals surface area (Å²) in [4.78, 5) is 2.49. The Bertz CT molecular complexity index is 3970. The lowest BCUT2D eigenvalue weighted by Gasteiger charge is -2.29. The number of hydrogen-bond acceptors (Lipinski definition) is 2. The van der Waals surface area contributed by atoms with Crippen LogP contribution in [0, 0.1) is 0 Å². The molecule has 12 aromatic carbocycles. The van der Waals surface area contributed by atoms with Gasteiger partial charge in [-0.25, -0.2) is 0 Å². The van der Waals surface area contributed by atoms with Gasteiger partial charge in [0.2, 0.25) is 0 Å². The van der Waals surface area contributed by atoms with E-state index in [0.29, 0.717) is 0 Å². The van der Waals surface area contributed by atoms with Crippen LogP contribution in [-0.4, -0.2) is 0 Å². The monoisotopic (exact) mass is 829 g/mol. The molecule has 1 aromatic heterocycles. The minimum absolute atomic E-state index is 1.10. The standard InChI is InChI=1S/C62H39NS/c1-2-15-40(16-3-1)49-31-29-45(38-58(49)51-28-14-21-41-17-6-8-22-47(41)51)63(46-30-32-56-59-35-42-18-4-5-19-43(42)37-61(59)64-62(56)39-46)60-34-33-54(52-25-12-13-27-55(52)60)57-36-44-20-7-9-23-48(44)50-24-10-11-26-53(50)57/h1-39H. The van der Waals surface area contributed by atoms with Crippen LogP contribution in [0.25, 0.3) is 107 Å². The third kappa shape index (κ3) is 5.91. The minimum Gasteiger partial charge on any atom is -0.310 e. The van der Waals surface area contributed by atoms with E-state index < -0.39 is 0 Å². The molecule has 0 saturated heterocycles. The van der Waals surface area contributed by atoms with Crippen LogP contribution in [-0.2, 0) is 0 Å². The smallest absolute Gasteiger partial charge is 0.0540 e. The molecule has 0 N–H and O–H groups in total. The number of benzene rings is 12. The van der Waals surface area contributed by atoms with Gasteiger partial charge in [0.05, 0.1) is 5.69 Å². The normalized spacial score (nSPS) is 11.8. The van der Waals surface area contributed by atoms with Gasteiger partial charge < -0.3 is 4.90 Å². The summed E-state index contributed by atoms with van der Waals surface area (Å²) < 4.78 is 2.58. The third-order valence-electron chi connectivity index (χ3n) is 13.2. The maximum atomic E-state index is 2.49. The molecule has 0 spiro atoms. The van der Waals surface area contributed by atoms with Crippen molar-refractivity contribution in [3.05, 3.63) is 237 Å². The Kier molecular flexibility index (Phi) is 8.47. The Morgan fingerprint density at radius 2 is 0.812 bits per heavy atom. The van der Waals surface area contributed by atoms with Gasteiger partial charge in [-0.15, -0.1) is 11.3 Å². The van der Waals surface area contributed by atoms with Crippen molar-refractivity contribution in [2.75, 3.05) is 4.90 Å². The van der Waals surface area contributed by atoms with Crippen molar-refractivity contribution < 1.29 is 0 Å². The van der Waals surface area contributed by atoms with Crippen molar-refractivity contribution in [1.29, 1.82) is 0 Å². The van der Waals surface area contributed by atoms with Crippen molar-refractivity contribution in [2.24, 2.45) is 0 Å². The summed E-state index contributed by atoms with van der Waals surface area (Å²) in [5.41, 5.74) is 10.6. The fraction of sp³-hybridized carbons (Fsp3) is 0. The molecule has 64 heavy (non-hydrogen) atoms. The Balaban J connectivity index is 1.08. The van der Waals surface area contributed by atoms with Crippen molar-refractivity contribution in [2.45, 2.75) is 0 Å². The van der Waals surface area contributed by atoms with Crippen LogP contribution in [0.4, 0.5) is 17.1 Å². The highest BCUT2D eigenvalue weighted by molar-refractivity contribution is 7.26. The SMILES string of the molecule is c1ccc(-c2ccc(N(c3ccc4c(c3)sc3cc5ccccc5cc34)c3ccc(-c4cc5ccccc5c5ccccc45)c4ccccc34)cc2-c2cccc3ccccc23)cc1. The largest absolute Gasteiger partial charge is 0.310 e. The highest BCUT2D eigenvalue weighted by atomic mass is 32.1. The van der Waals surface area contributed by atoms with Gasteiger partial charge in [-0.2, -0.15) is 0 Å². The number of anilines is 3. The van der Waals surface area contributed by atoms with E-state index in [1.54, 1.807) is 0 Å². The number of thiophene rings is 1. The summed E-state index contributed by atoms with van der Waals surface area (Å²) in [6, 6.07) is 87.5. The molecular formula is C62H39NS. The average Bonchev–Trinajstić information content (AvgIpc) is 3.72. The molecule has 0 aliphatic carbocycles. The van der Waals surface area contributed by atoms with Crippen LogP contribution in [0.2, 0.25) is 0 Å². The van der Waals surface area contributed by atoms with Crippen molar-refractivity contribution >= 4 is 102 Å². The molecule has 0 atom stereocenters. The molecule has 0 fully saturated rings. The summed E-state index contributed by atoms with van der Waals surface area (Å²) >= 11 is 1.88. The van der Waals surface area contributed by atoms with E-state index in [0.717, 1.165) is 17.1 Å². The van der Waals surface area contributed by atoms with E-state index in [2.05, 4.69) is 241 Å². The topological polar surface area (TPSA) is 3.24 Å². The van der Waals surface area contributed by atoms with Crippen molar-refractivity contribution in [1.82, 2.24) is 0 Å². The van der Waals surface area contributed by atoms with Gasteiger partial charge in [0, 0.05) is 36.9 Å². The Morgan fingerprint density at radius 1 is 0.250 bits per heavy atom. The van der Waals surface area contributed by atoms with E-state index in [9.17, 15) is 0 Å². The highest BCUT2D eigenvalue weighted by Gasteiger charge is 2.22. The molecule has 13 rings (SSSR count). The third-order valence-corrected chi connectivity index (χ3v) is 14.3. The fourth-order valence-electron chi connectivity index (χ4n) is 10.2. The van der Waals surface area contributed by atoms with Crippen molar-refractivity contribution in [3.63, 3.8) is 0 Å². The van der Waals surface area contributed by atoms with E-state index in [1.165, 1.54) is 107 Å².